The smallest absolute Gasteiger partial charge is 0.227 e. The summed E-state index contributed by atoms with van der Waals surface area (Å²) in [7, 11) is 0. The largest absolute Gasteiger partial charge is 0.327 e. The highest BCUT2D eigenvalue weighted by molar-refractivity contribution is 8.00. The van der Waals surface area contributed by atoms with Crippen molar-refractivity contribution in [2.75, 3.05) is 42.0 Å². The maximum absolute atomic E-state index is 15.8. The Balaban J connectivity index is 1.41. The number of nitrogens with one attached hydrogen (secondary N) is 3. The first-order valence-corrected chi connectivity index (χ1v) is 15.9. The third-order valence-corrected chi connectivity index (χ3v) is 9.21. The lowest BCUT2D eigenvalue weighted by molar-refractivity contribution is 0.233. The number of aromatic nitrogens is 3. The van der Waals surface area contributed by atoms with E-state index in [2.05, 4.69) is 77.2 Å². The molecule has 0 atom stereocenters. The highest BCUT2D eigenvalue weighted by Gasteiger charge is 2.26. The van der Waals surface area contributed by atoms with Crippen molar-refractivity contribution in [3.63, 3.8) is 0 Å². The molecule has 5 rings (SSSR count). The summed E-state index contributed by atoms with van der Waals surface area (Å²) in [6, 6.07) is 15.7. The first kappa shape index (κ1) is 29.4. The van der Waals surface area contributed by atoms with Gasteiger partial charge in [-0.2, -0.15) is 0 Å². The van der Waals surface area contributed by atoms with E-state index in [9.17, 15) is 0 Å². The highest BCUT2D eigenvalue weighted by Crippen LogP contribution is 2.42. The molecule has 0 radical (unpaired) electrons. The molecule has 1 saturated heterocycles. The summed E-state index contributed by atoms with van der Waals surface area (Å²) in [5, 5.41) is 7.66. The van der Waals surface area contributed by atoms with E-state index in [-0.39, 0.29) is 11.2 Å². The van der Waals surface area contributed by atoms with Crippen molar-refractivity contribution >= 4 is 40.6 Å². The number of thiazole rings is 1. The monoisotopic (exact) mass is 591 g/mol. The van der Waals surface area contributed by atoms with Crippen LogP contribution in [0.2, 0.25) is 0 Å². The standard InChI is InChI=1S/C31H38FN7S2/c1-5-19-40-38-24-8-6-7-23(26(24)32)27-28(41-29(37-27)31(2,3)4)25-13-14-34-30(36-25)35-22-11-9-21(10-12-22)20-39-17-15-33-16-18-39/h6-14,33,38H,5,15-20H2,1-4H3,(H,34,35,36). The predicted molar refractivity (Wildman–Crippen MR) is 171 cm³/mol. The van der Waals surface area contributed by atoms with Crippen LogP contribution in [-0.4, -0.2) is 51.8 Å². The Hall–Kier alpha value is -3.05. The van der Waals surface area contributed by atoms with Crippen LogP contribution in [0, 0.1) is 5.82 Å². The molecule has 2 aromatic heterocycles. The van der Waals surface area contributed by atoms with Gasteiger partial charge in [-0.25, -0.2) is 19.3 Å². The summed E-state index contributed by atoms with van der Waals surface area (Å²) in [5.41, 5.74) is 4.23. The zero-order chi connectivity index (χ0) is 28.8. The summed E-state index contributed by atoms with van der Waals surface area (Å²) in [6.07, 6.45) is 2.74. The lowest BCUT2D eigenvalue weighted by Crippen LogP contribution is -2.42. The Kier molecular flexibility index (Phi) is 9.54. The molecule has 2 aromatic carbocycles. The molecule has 0 bridgehead atoms. The van der Waals surface area contributed by atoms with Crippen molar-refractivity contribution in [2.45, 2.75) is 46.1 Å². The molecule has 216 valence electrons. The quantitative estimate of drug-likeness (QED) is 0.131. The topological polar surface area (TPSA) is 78.0 Å². The van der Waals surface area contributed by atoms with Gasteiger partial charge in [0.25, 0.3) is 0 Å². The fourth-order valence-electron chi connectivity index (χ4n) is 4.52. The molecule has 1 aliphatic rings. The first-order chi connectivity index (χ1) is 19.8. The minimum atomic E-state index is -0.309. The van der Waals surface area contributed by atoms with Crippen LogP contribution >= 0.6 is 23.3 Å². The van der Waals surface area contributed by atoms with E-state index in [1.54, 1.807) is 29.7 Å². The molecule has 3 N–H and O–H groups in total. The minimum Gasteiger partial charge on any atom is -0.327 e. The van der Waals surface area contributed by atoms with E-state index in [1.165, 1.54) is 17.5 Å². The molecule has 7 nitrogen and oxygen atoms in total. The minimum absolute atomic E-state index is 0.193. The SMILES string of the molecule is CCCSNc1cccc(-c2nc(C(C)(C)C)sc2-c2ccnc(Nc3ccc(CN4CCNCC4)cc3)n2)c1F. The van der Waals surface area contributed by atoms with Gasteiger partial charge in [-0.3, -0.25) is 4.90 Å². The van der Waals surface area contributed by atoms with Gasteiger partial charge in [0.15, 0.2) is 5.82 Å². The van der Waals surface area contributed by atoms with Gasteiger partial charge in [0, 0.05) is 61.3 Å². The van der Waals surface area contributed by atoms with Crippen molar-refractivity contribution in [2.24, 2.45) is 0 Å². The van der Waals surface area contributed by atoms with E-state index < -0.39 is 0 Å². The van der Waals surface area contributed by atoms with Crippen molar-refractivity contribution in [3.8, 4) is 21.8 Å². The lowest BCUT2D eigenvalue weighted by Gasteiger charge is -2.27. The van der Waals surface area contributed by atoms with Gasteiger partial charge in [0.05, 0.1) is 27.0 Å². The van der Waals surface area contributed by atoms with Crippen LogP contribution in [0.1, 0.15) is 44.7 Å². The summed E-state index contributed by atoms with van der Waals surface area (Å²) in [5.74, 6) is 1.08. The van der Waals surface area contributed by atoms with Gasteiger partial charge in [-0.05, 0) is 42.3 Å². The van der Waals surface area contributed by atoms with Crippen LogP contribution < -0.4 is 15.4 Å². The second kappa shape index (κ2) is 13.3. The van der Waals surface area contributed by atoms with Crippen LogP contribution in [0.25, 0.3) is 21.8 Å². The third kappa shape index (κ3) is 7.43. The Morgan fingerprint density at radius 2 is 1.83 bits per heavy atom. The molecule has 1 fully saturated rings. The molecule has 0 aliphatic carbocycles. The predicted octanol–water partition coefficient (Wildman–Crippen LogP) is 7.32. The van der Waals surface area contributed by atoms with Crippen molar-refractivity contribution in [1.82, 2.24) is 25.2 Å². The number of benzene rings is 2. The van der Waals surface area contributed by atoms with Gasteiger partial charge in [0.1, 0.15) is 0 Å². The molecule has 0 unspecified atom stereocenters. The van der Waals surface area contributed by atoms with E-state index in [0.29, 0.717) is 28.6 Å². The molecule has 1 aliphatic heterocycles. The average molecular weight is 592 g/mol. The fraction of sp³-hybridized carbons (Fsp3) is 0.387. The van der Waals surface area contributed by atoms with Gasteiger partial charge in [-0.15, -0.1) is 11.3 Å². The second-order valence-electron chi connectivity index (χ2n) is 11.2. The molecule has 10 heteroatoms. The van der Waals surface area contributed by atoms with Crippen LogP contribution in [0.5, 0.6) is 0 Å². The summed E-state index contributed by atoms with van der Waals surface area (Å²) in [4.78, 5) is 17.5. The zero-order valence-electron chi connectivity index (χ0n) is 24.1. The molecular weight excluding hydrogens is 554 g/mol. The number of rotatable bonds is 10. The third-order valence-electron chi connectivity index (χ3n) is 6.73. The molecule has 0 spiro atoms. The molecule has 3 heterocycles. The fourth-order valence-corrected chi connectivity index (χ4v) is 6.24. The number of hydrogen-bond donors (Lipinski definition) is 3. The number of halogens is 1. The first-order valence-electron chi connectivity index (χ1n) is 14.1. The van der Waals surface area contributed by atoms with E-state index >= 15 is 4.39 Å². The Morgan fingerprint density at radius 3 is 2.56 bits per heavy atom. The highest BCUT2D eigenvalue weighted by atomic mass is 32.2. The molecule has 0 saturated carbocycles. The normalized spacial score (nSPS) is 14.3. The van der Waals surface area contributed by atoms with E-state index in [0.717, 1.165) is 60.5 Å². The van der Waals surface area contributed by atoms with E-state index in [1.807, 2.05) is 12.1 Å². The van der Waals surface area contributed by atoms with Crippen LogP contribution in [0.3, 0.4) is 0 Å². The van der Waals surface area contributed by atoms with Gasteiger partial charge >= 0.3 is 0 Å². The van der Waals surface area contributed by atoms with Gasteiger partial charge < -0.3 is 15.4 Å². The maximum atomic E-state index is 15.8. The number of piperazine rings is 1. The Labute approximate surface area is 250 Å². The van der Waals surface area contributed by atoms with Gasteiger partial charge in [-0.1, -0.05) is 57.8 Å². The number of nitrogens with zero attached hydrogens (tertiary/aromatic N) is 4. The number of hydrogen-bond acceptors (Lipinski definition) is 9. The van der Waals surface area contributed by atoms with Crippen LogP contribution in [0.4, 0.5) is 21.7 Å². The molecule has 0 amide bonds. The zero-order valence-corrected chi connectivity index (χ0v) is 25.8. The van der Waals surface area contributed by atoms with Crippen LogP contribution in [0.15, 0.2) is 54.7 Å². The summed E-state index contributed by atoms with van der Waals surface area (Å²) >= 11 is 3.06. The van der Waals surface area contributed by atoms with Crippen LogP contribution in [-0.2, 0) is 12.0 Å². The second-order valence-corrected chi connectivity index (χ2v) is 13.1. The molecule has 41 heavy (non-hydrogen) atoms. The summed E-state index contributed by atoms with van der Waals surface area (Å²) < 4.78 is 18.9. The molecule has 4 aromatic rings. The molecular formula is C31H38FN7S2. The average Bonchev–Trinajstić information content (AvgIpc) is 3.42. The Morgan fingerprint density at radius 1 is 1.05 bits per heavy atom. The Bertz CT molecular complexity index is 1440. The summed E-state index contributed by atoms with van der Waals surface area (Å²) in [6.45, 7) is 13.6. The van der Waals surface area contributed by atoms with Gasteiger partial charge in [0.2, 0.25) is 5.95 Å². The number of anilines is 3. The van der Waals surface area contributed by atoms with Crippen molar-refractivity contribution < 1.29 is 4.39 Å². The maximum Gasteiger partial charge on any atom is 0.227 e. The van der Waals surface area contributed by atoms with Crippen molar-refractivity contribution in [3.05, 3.63) is 71.1 Å². The van der Waals surface area contributed by atoms with E-state index in [4.69, 9.17) is 9.97 Å². The lowest BCUT2D eigenvalue weighted by atomic mass is 9.98. The van der Waals surface area contributed by atoms with Crippen molar-refractivity contribution in [1.29, 1.82) is 0 Å².